The van der Waals surface area contributed by atoms with E-state index in [0.29, 0.717) is 34.4 Å². The molecule has 0 spiro atoms. The zero-order valence-corrected chi connectivity index (χ0v) is 17.0. The summed E-state index contributed by atoms with van der Waals surface area (Å²) in [6.07, 6.45) is 0. The third-order valence-electron chi connectivity index (χ3n) is 5.01. The highest BCUT2D eigenvalue weighted by Gasteiger charge is 2.50. The van der Waals surface area contributed by atoms with Gasteiger partial charge < -0.3 is 19.7 Å². The number of thioether (sulfide) groups is 1. The van der Waals surface area contributed by atoms with Crippen molar-refractivity contribution < 1.29 is 19.1 Å². The Bertz CT molecular complexity index is 952. The van der Waals surface area contributed by atoms with Crippen LogP contribution in [0.25, 0.3) is 0 Å². The molecule has 2 aromatic rings. The molecule has 0 saturated carbocycles. The van der Waals surface area contributed by atoms with Crippen molar-refractivity contribution in [2.75, 3.05) is 20.0 Å². The van der Waals surface area contributed by atoms with E-state index in [-0.39, 0.29) is 17.2 Å². The van der Waals surface area contributed by atoms with Crippen LogP contribution >= 0.6 is 23.4 Å². The predicted molar refractivity (Wildman–Crippen MR) is 108 cm³/mol. The number of methoxy groups -OCH3 is 2. The third kappa shape index (κ3) is 2.99. The van der Waals surface area contributed by atoms with E-state index in [1.165, 1.54) is 14.2 Å². The zero-order valence-electron chi connectivity index (χ0n) is 15.4. The van der Waals surface area contributed by atoms with Crippen LogP contribution in [0.2, 0.25) is 5.02 Å². The number of hydrogen-bond acceptors (Lipinski definition) is 5. The topological polar surface area (TPSA) is 67.9 Å². The minimum atomic E-state index is -0.548. The van der Waals surface area contributed by atoms with E-state index in [2.05, 4.69) is 5.32 Å². The minimum Gasteiger partial charge on any atom is -0.493 e. The van der Waals surface area contributed by atoms with Gasteiger partial charge in [-0.1, -0.05) is 35.9 Å². The maximum atomic E-state index is 13.1. The van der Waals surface area contributed by atoms with Gasteiger partial charge in [0.2, 0.25) is 5.91 Å². The van der Waals surface area contributed by atoms with Crippen LogP contribution in [0, 0.1) is 0 Å². The lowest BCUT2D eigenvalue weighted by atomic mass is 10.1. The smallest absolute Gasteiger partial charge is 0.260 e. The molecule has 2 aromatic carbocycles. The number of carbonyl (C=O) groups is 2. The number of amides is 2. The summed E-state index contributed by atoms with van der Waals surface area (Å²) in [5, 5.41) is 3.31. The van der Waals surface area contributed by atoms with Gasteiger partial charge in [0.15, 0.2) is 11.5 Å². The van der Waals surface area contributed by atoms with Crippen molar-refractivity contribution >= 4 is 35.2 Å². The van der Waals surface area contributed by atoms with Gasteiger partial charge in [0.25, 0.3) is 5.91 Å². The van der Waals surface area contributed by atoms with Crippen LogP contribution in [-0.4, -0.2) is 42.7 Å². The van der Waals surface area contributed by atoms with Crippen molar-refractivity contribution in [1.82, 2.24) is 10.2 Å². The van der Waals surface area contributed by atoms with Crippen molar-refractivity contribution in [2.24, 2.45) is 0 Å². The molecule has 2 amide bonds. The van der Waals surface area contributed by atoms with E-state index in [4.69, 9.17) is 21.1 Å². The molecule has 1 fully saturated rings. The Hall–Kier alpha value is -2.38. The van der Waals surface area contributed by atoms with E-state index in [9.17, 15) is 9.59 Å². The van der Waals surface area contributed by atoms with Crippen LogP contribution in [0.1, 0.15) is 26.9 Å². The van der Waals surface area contributed by atoms with Gasteiger partial charge in [0.05, 0.1) is 19.8 Å². The summed E-state index contributed by atoms with van der Waals surface area (Å²) in [4.78, 5) is 27.6. The zero-order chi connectivity index (χ0) is 19.8. The van der Waals surface area contributed by atoms with Gasteiger partial charge in [-0.25, -0.2) is 0 Å². The summed E-state index contributed by atoms with van der Waals surface area (Å²) < 4.78 is 10.7. The fourth-order valence-corrected chi connectivity index (χ4v) is 5.29. The largest absolute Gasteiger partial charge is 0.493 e. The molecular weight excluding hydrogens is 400 g/mol. The van der Waals surface area contributed by atoms with Gasteiger partial charge in [0.1, 0.15) is 11.4 Å². The molecule has 2 atom stereocenters. The number of nitrogens with one attached hydrogen (secondary N) is 1. The molecular formula is C20H19ClN2O4S. The van der Waals surface area contributed by atoms with E-state index in [1.54, 1.807) is 28.8 Å². The number of ether oxygens (including phenoxy) is 2. The summed E-state index contributed by atoms with van der Waals surface area (Å²) in [5.41, 5.74) is 2.17. The average molecular weight is 419 g/mol. The van der Waals surface area contributed by atoms with Crippen LogP contribution in [0.4, 0.5) is 0 Å². The molecule has 4 rings (SSSR count). The van der Waals surface area contributed by atoms with E-state index in [1.807, 2.05) is 24.3 Å². The molecule has 0 bridgehead atoms. The van der Waals surface area contributed by atoms with E-state index in [0.717, 1.165) is 11.1 Å². The van der Waals surface area contributed by atoms with Crippen LogP contribution in [0.5, 0.6) is 11.5 Å². The van der Waals surface area contributed by atoms with E-state index < -0.39 is 6.04 Å². The highest BCUT2D eigenvalue weighted by Crippen LogP contribution is 2.52. The number of nitrogens with zero attached hydrogens (tertiary/aromatic N) is 1. The fourth-order valence-electron chi connectivity index (χ4n) is 3.64. The highest BCUT2D eigenvalue weighted by molar-refractivity contribution is 7.99. The first-order chi connectivity index (χ1) is 13.6. The molecule has 146 valence electrons. The van der Waals surface area contributed by atoms with Crippen LogP contribution in [0.3, 0.4) is 0 Å². The van der Waals surface area contributed by atoms with Gasteiger partial charge in [-0.3, -0.25) is 9.59 Å². The maximum absolute atomic E-state index is 13.1. The van der Waals surface area contributed by atoms with Gasteiger partial charge >= 0.3 is 0 Å². The molecule has 6 nitrogen and oxygen atoms in total. The Kier molecular flexibility index (Phi) is 5.12. The standard InChI is InChI=1S/C20H19ClN2O4S/c1-26-15-8-7-12-16(17(15)27-2)19(25)23-14(10-28-20(12)23)18(24)22-9-11-5-3-4-6-13(11)21/h3-8,14,20H,9-10H2,1-2H3,(H,22,24)/t14-,20-/m0/s1. The summed E-state index contributed by atoms with van der Waals surface area (Å²) in [6, 6.07) is 10.5. The van der Waals surface area contributed by atoms with Gasteiger partial charge in [-0.2, -0.15) is 0 Å². The second-order valence-electron chi connectivity index (χ2n) is 6.49. The summed E-state index contributed by atoms with van der Waals surface area (Å²) in [6.45, 7) is 0.316. The molecule has 2 heterocycles. The molecule has 2 aliphatic heterocycles. The van der Waals surface area contributed by atoms with Crippen molar-refractivity contribution in [3.63, 3.8) is 0 Å². The predicted octanol–water partition coefficient (Wildman–Crippen LogP) is 3.24. The molecule has 2 aliphatic rings. The Morgan fingerprint density at radius 3 is 2.75 bits per heavy atom. The number of benzene rings is 2. The summed E-state index contributed by atoms with van der Waals surface area (Å²) in [5.74, 6) is 1.05. The van der Waals surface area contributed by atoms with Crippen molar-refractivity contribution in [1.29, 1.82) is 0 Å². The average Bonchev–Trinajstić information content (AvgIpc) is 3.26. The van der Waals surface area contributed by atoms with Crippen molar-refractivity contribution in [3.8, 4) is 11.5 Å². The first-order valence-electron chi connectivity index (χ1n) is 8.77. The Balaban J connectivity index is 1.56. The lowest BCUT2D eigenvalue weighted by molar-refractivity contribution is -0.124. The first-order valence-corrected chi connectivity index (χ1v) is 10.2. The molecule has 0 aliphatic carbocycles. The van der Waals surface area contributed by atoms with Gasteiger partial charge in [-0.15, -0.1) is 11.8 Å². The maximum Gasteiger partial charge on any atom is 0.260 e. The second-order valence-corrected chi connectivity index (χ2v) is 8.01. The Morgan fingerprint density at radius 2 is 2.04 bits per heavy atom. The summed E-state index contributed by atoms with van der Waals surface area (Å²) in [7, 11) is 3.04. The van der Waals surface area contributed by atoms with Crippen LogP contribution in [0.15, 0.2) is 36.4 Å². The van der Waals surface area contributed by atoms with Gasteiger partial charge in [-0.05, 0) is 17.7 Å². The quantitative estimate of drug-likeness (QED) is 0.807. The third-order valence-corrected chi connectivity index (χ3v) is 6.68. The summed E-state index contributed by atoms with van der Waals surface area (Å²) >= 11 is 7.73. The number of fused-ring (bicyclic) bond motifs is 3. The lowest BCUT2D eigenvalue weighted by Crippen LogP contribution is -2.45. The second kappa shape index (κ2) is 7.56. The molecule has 28 heavy (non-hydrogen) atoms. The van der Waals surface area contributed by atoms with Crippen LogP contribution < -0.4 is 14.8 Å². The molecule has 0 unspecified atom stereocenters. The number of rotatable bonds is 5. The fraction of sp³-hybridized carbons (Fsp3) is 0.300. The monoisotopic (exact) mass is 418 g/mol. The Morgan fingerprint density at radius 1 is 1.25 bits per heavy atom. The molecule has 1 saturated heterocycles. The van der Waals surface area contributed by atoms with E-state index >= 15 is 0 Å². The molecule has 0 radical (unpaired) electrons. The SMILES string of the molecule is COc1ccc2c(c1OC)C(=O)N1[C@H](C(=O)NCc3ccccc3Cl)CS[C@@H]21. The minimum absolute atomic E-state index is 0.193. The number of halogens is 1. The normalized spacial score (nSPS) is 20.0. The Labute approximate surface area is 172 Å². The highest BCUT2D eigenvalue weighted by atomic mass is 35.5. The molecule has 1 N–H and O–H groups in total. The lowest BCUT2D eigenvalue weighted by Gasteiger charge is -2.22. The van der Waals surface area contributed by atoms with Crippen molar-refractivity contribution in [2.45, 2.75) is 18.0 Å². The number of hydrogen-bond donors (Lipinski definition) is 1. The van der Waals surface area contributed by atoms with Gasteiger partial charge in [0, 0.05) is 22.9 Å². The number of carbonyl (C=O) groups excluding carboxylic acids is 2. The molecule has 0 aromatic heterocycles. The molecule has 8 heteroatoms. The first kappa shape index (κ1) is 19.0. The van der Waals surface area contributed by atoms with Crippen molar-refractivity contribution in [3.05, 3.63) is 58.1 Å². The van der Waals surface area contributed by atoms with Crippen LogP contribution in [-0.2, 0) is 11.3 Å².